The number of piperidine rings is 1. The summed E-state index contributed by atoms with van der Waals surface area (Å²) in [6, 6.07) is -0.507. The summed E-state index contributed by atoms with van der Waals surface area (Å²) in [4.78, 5) is 50.3. The van der Waals surface area contributed by atoms with Gasteiger partial charge in [-0.2, -0.15) is 0 Å². The molecule has 1 aliphatic carbocycles. The molecule has 2 saturated heterocycles. The fraction of sp³-hybridized carbons (Fsp3) is 0.857. The highest BCUT2D eigenvalue weighted by atomic mass is 16.6. The predicted molar refractivity (Wildman–Crippen MR) is 141 cm³/mol. The van der Waals surface area contributed by atoms with Crippen molar-refractivity contribution in [3.63, 3.8) is 0 Å². The van der Waals surface area contributed by atoms with Gasteiger partial charge in [0.05, 0.1) is 39.6 Å². The molecular weight excluding hydrogens is 508 g/mol. The number of likely N-dealkylation sites (tertiary alicyclic amines) is 1. The highest BCUT2D eigenvalue weighted by Crippen LogP contribution is 2.44. The zero-order chi connectivity index (χ0) is 28.3. The van der Waals surface area contributed by atoms with Crippen molar-refractivity contribution in [2.24, 2.45) is 17.8 Å². The molecular formula is C28H46N2O9. The van der Waals surface area contributed by atoms with Crippen LogP contribution >= 0.6 is 0 Å². The Labute approximate surface area is 231 Å². The largest absolute Gasteiger partial charge is 0.458 e. The van der Waals surface area contributed by atoms with Gasteiger partial charge in [0.1, 0.15) is 18.2 Å². The Morgan fingerprint density at radius 3 is 2.18 bits per heavy atom. The summed E-state index contributed by atoms with van der Waals surface area (Å²) in [6.45, 7) is 9.14. The van der Waals surface area contributed by atoms with E-state index in [0.717, 1.165) is 32.1 Å². The number of esters is 1. The smallest absolute Gasteiger partial charge is 0.332 e. The average Bonchev–Trinajstić information content (AvgIpc) is 3.20. The summed E-state index contributed by atoms with van der Waals surface area (Å²) < 4.78 is 27.0. The first-order chi connectivity index (χ1) is 18.7. The van der Waals surface area contributed by atoms with E-state index < -0.39 is 17.6 Å². The molecule has 3 rings (SSSR count). The minimum Gasteiger partial charge on any atom is -0.458 e. The highest BCUT2D eigenvalue weighted by molar-refractivity contribution is 6.02. The van der Waals surface area contributed by atoms with Crippen LogP contribution in [0.5, 0.6) is 0 Å². The number of ether oxygens (including phenoxy) is 5. The number of carbonyl (C=O) groups is 4. The lowest BCUT2D eigenvalue weighted by molar-refractivity contribution is -0.160. The third-order valence-electron chi connectivity index (χ3n) is 7.37. The fourth-order valence-corrected chi connectivity index (χ4v) is 5.75. The number of nitrogens with zero attached hydrogens (tertiary/aromatic N) is 1. The normalized spacial score (nSPS) is 25.5. The molecule has 222 valence electrons. The standard InChI is InChI=1S/C28H46N2O9/c1-28(2,3)39-24(32)19-38-17-16-37-15-14-36-13-12-35-11-5-8-20-6-4-7-21-18-30(27(34)25(20)21)22-9-10-23(31)29-26(22)33/h20-22,25H,4-19H2,1-3H3,(H,29,31,33). The third-order valence-corrected chi connectivity index (χ3v) is 7.37. The quantitative estimate of drug-likeness (QED) is 0.173. The van der Waals surface area contributed by atoms with Crippen molar-refractivity contribution >= 4 is 23.7 Å². The van der Waals surface area contributed by atoms with E-state index in [1.165, 1.54) is 0 Å². The highest BCUT2D eigenvalue weighted by Gasteiger charge is 2.49. The summed E-state index contributed by atoms with van der Waals surface area (Å²) in [5.41, 5.74) is -0.517. The van der Waals surface area contributed by atoms with Crippen LogP contribution < -0.4 is 5.32 Å². The summed E-state index contributed by atoms with van der Waals surface area (Å²) in [5.74, 6) is -0.288. The van der Waals surface area contributed by atoms with Gasteiger partial charge in [-0.3, -0.25) is 19.7 Å². The van der Waals surface area contributed by atoms with E-state index in [2.05, 4.69) is 5.32 Å². The number of rotatable bonds is 16. The second-order valence-corrected chi connectivity index (χ2v) is 11.6. The van der Waals surface area contributed by atoms with Crippen molar-refractivity contribution in [3.05, 3.63) is 0 Å². The van der Waals surface area contributed by atoms with Gasteiger partial charge in [-0.05, 0) is 64.7 Å². The Bertz CT molecular complexity index is 828. The molecule has 11 nitrogen and oxygen atoms in total. The van der Waals surface area contributed by atoms with Crippen molar-refractivity contribution in [2.45, 2.75) is 77.4 Å². The minimum atomic E-state index is -0.517. The van der Waals surface area contributed by atoms with Crippen molar-refractivity contribution < 1.29 is 42.9 Å². The Morgan fingerprint density at radius 1 is 0.897 bits per heavy atom. The maximum absolute atomic E-state index is 13.3. The molecule has 3 amide bonds. The van der Waals surface area contributed by atoms with Crippen LogP contribution in [0.1, 0.15) is 65.7 Å². The van der Waals surface area contributed by atoms with Crippen molar-refractivity contribution in [3.8, 4) is 0 Å². The number of nitrogens with one attached hydrogen (secondary N) is 1. The number of hydrogen-bond donors (Lipinski definition) is 1. The number of fused-ring (bicyclic) bond motifs is 1. The maximum Gasteiger partial charge on any atom is 0.332 e. The second-order valence-electron chi connectivity index (χ2n) is 11.6. The van der Waals surface area contributed by atoms with Gasteiger partial charge >= 0.3 is 5.97 Å². The first kappa shape index (κ1) is 31.4. The number of amides is 3. The molecule has 1 N–H and O–H groups in total. The van der Waals surface area contributed by atoms with Gasteiger partial charge in [0, 0.05) is 25.5 Å². The van der Waals surface area contributed by atoms with E-state index in [4.69, 9.17) is 23.7 Å². The van der Waals surface area contributed by atoms with Gasteiger partial charge < -0.3 is 28.6 Å². The maximum atomic E-state index is 13.3. The zero-order valence-electron chi connectivity index (χ0n) is 23.7. The molecule has 2 aliphatic heterocycles. The van der Waals surface area contributed by atoms with Crippen LogP contribution in [0, 0.1) is 17.8 Å². The molecule has 0 bridgehead atoms. The van der Waals surface area contributed by atoms with Crippen LogP contribution in [0.4, 0.5) is 0 Å². The average molecular weight is 555 g/mol. The Morgan fingerprint density at radius 2 is 1.54 bits per heavy atom. The summed E-state index contributed by atoms with van der Waals surface area (Å²) in [7, 11) is 0. The molecule has 3 aliphatic rings. The SMILES string of the molecule is CC(C)(C)OC(=O)COCCOCCOCCOCCCC1CCCC2CN(C3CCC(=O)NC3=O)C(=O)C12. The fourth-order valence-electron chi connectivity index (χ4n) is 5.75. The van der Waals surface area contributed by atoms with Crippen LogP contribution in [-0.2, 0) is 42.9 Å². The van der Waals surface area contributed by atoms with Gasteiger partial charge in [-0.1, -0.05) is 6.42 Å². The van der Waals surface area contributed by atoms with E-state index in [9.17, 15) is 19.2 Å². The van der Waals surface area contributed by atoms with Gasteiger partial charge in [0.15, 0.2) is 0 Å². The molecule has 1 saturated carbocycles. The van der Waals surface area contributed by atoms with Crippen molar-refractivity contribution in [1.82, 2.24) is 10.2 Å². The molecule has 0 aromatic carbocycles. The van der Waals surface area contributed by atoms with Gasteiger partial charge in [-0.25, -0.2) is 4.79 Å². The lowest BCUT2D eigenvalue weighted by Crippen LogP contribution is -2.53. The molecule has 39 heavy (non-hydrogen) atoms. The van der Waals surface area contributed by atoms with Crippen LogP contribution in [0.25, 0.3) is 0 Å². The number of carbonyl (C=O) groups excluding carboxylic acids is 4. The van der Waals surface area contributed by atoms with Crippen LogP contribution in [0.15, 0.2) is 0 Å². The number of imide groups is 1. The van der Waals surface area contributed by atoms with Crippen molar-refractivity contribution in [2.75, 3.05) is 59.4 Å². The molecule has 2 heterocycles. The van der Waals surface area contributed by atoms with Crippen LogP contribution in [0.3, 0.4) is 0 Å². The molecule has 0 spiro atoms. The zero-order valence-corrected chi connectivity index (χ0v) is 23.7. The van der Waals surface area contributed by atoms with E-state index in [1.807, 2.05) is 20.8 Å². The predicted octanol–water partition coefficient (Wildman–Crippen LogP) is 1.85. The van der Waals surface area contributed by atoms with Crippen LogP contribution in [0.2, 0.25) is 0 Å². The van der Waals surface area contributed by atoms with E-state index in [-0.39, 0.29) is 30.2 Å². The first-order valence-corrected chi connectivity index (χ1v) is 14.3. The van der Waals surface area contributed by atoms with Crippen LogP contribution in [-0.4, -0.2) is 99.6 Å². The molecule has 4 unspecified atom stereocenters. The Balaban J connectivity index is 1.18. The lowest BCUT2D eigenvalue weighted by atomic mass is 9.72. The van der Waals surface area contributed by atoms with Crippen molar-refractivity contribution in [1.29, 1.82) is 0 Å². The molecule has 3 fully saturated rings. The Hall–Kier alpha value is -2.08. The number of hydrogen-bond acceptors (Lipinski definition) is 9. The first-order valence-electron chi connectivity index (χ1n) is 14.3. The van der Waals surface area contributed by atoms with Gasteiger partial charge in [0.25, 0.3) is 0 Å². The topological polar surface area (TPSA) is 130 Å². The minimum absolute atomic E-state index is 0.0183. The molecule has 0 aromatic rings. The molecule has 11 heteroatoms. The summed E-state index contributed by atoms with van der Waals surface area (Å²) in [5, 5.41) is 2.38. The monoisotopic (exact) mass is 554 g/mol. The summed E-state index contributed by atoms with van der Waals surface area (Å²) >= 11 is 0. The summed E-state index contributed by atoms with van der Waals surface area (Å²) in [6.07, 6.45) is 5.69. The third kappa shape index (κ3) is 10.4. The second kappa shape index (κ2) is 15.6. The molecule has 4 atom stereocenters. The van der Waals surface area contributed by atoms with Gasteiger partial charge in [-0.15, -0.1) is 0 Å². The van der Waals surface area contributed by atoms with E-state index in [1.54, 1.807) is 4.90 Å². The van der Waals surface area contributed by atoms with E-state index >= 15 is 0 Å². The molecule has 0 radical (unpaired) electrons. The Kier molecular flexibility index (Phi) is 12.6. The molecule has 0 aromatic heterocycles. The van der Waals surface area contributed by atoms with Gasteiger partial charge in [0.2, 0.25) is 17.7 Å². The lowest BCUT2D eigenvalue weighted by Gasteiger charge is -2.32. The van der Waals surface area contributed by atoms with E-state index in [0.29, 0.717) is 77.5 Å².